The summed E-state index contributed by atoms with van der Waals surface area (Å²) < 4.78 is 13.0. The van der Waals surface area contributed by atoms with Crippen LogP contribution in [0.3, 0.4) is 0 Å². The molecule has 3 N–H and O–H groups in total. The van der Waals surface area contributed by atoms with E-state index in [1.807, 2.05) is 0 Å². The molecule has 1 aromatic carbocycles. The normalized spacial score (nSPS) is 12.2. The molecule has 0 saturated carbocycles. The van der Waals surface area contributed by atoms with Crippen molar-refractivity contribution >= 4 is 11.4 Å². The van der Waals surface area contributed by atoms with Gasteiger partial charge in [-0.3, -0.25) is 10.1 Å². The average Bonchev–Trinajstić information content (AvgIpc) is 2.35. The van der Waals surface area contributed by atoms with Crippen LogP contribution in [0.1, 0.15) is 26.2 Å². The Labute approximate surface area is 105 Å². The molecule has 0 amide bonds. The Hall–Kier alpha value is -1.69. The number of nitrogens with zero attached hydrogens (tertiary/aromatic N) is 1. The fourth-order valence-corrected chi connectivity index (χ4v) is 1.70. The molecule has 5 nitrogen and oxygen atoms in total. The van der Waals surface area contributed by atoms with Gasteiger partial charge in [0.25, 0.3) is 5.69 Å². The van der Waals surface area contributed by atoms with Crippen molar-refractivity contribution in [3.05, 3.63) is 34.1 Å². The first-order chi connectivity index (χ1) is 8.58. The first kappa shape index (κ1) is 14.4. The Morgan fingerprint density at radius 1 is 1.56 bits per heavy atom. The number of hydrogen-bond donors (Lipinski definition) is 2. The summed E-state index contributed by atoms with van der Waals surface area (Å²) in [7, 11) is 0. The highest BCUT2D eigenvalue weighted by atomic mass is 19.1. The lowest BCUT2D eigenvalue weighted by Crippen LogP contribution is -2.29. The Balaban J connectivity index is 2.84. The zero-order valence-corrected chi connectivity index (χ0v) is 10.4. The van der Waals surface area contributed by atoms with Crippen molar-refractivity contribution in [2.45, 2.75) is 32.2 Å². The number of halogens is 1. The van der Waals surface area contributed by atoms with E-state index in [2.05, 4.69) is 12.2 Å². The van der Waals surface area contributed by atoms with Gasteiger partial charge in [0, 0.05) is 12.6 Å². The maximum Gasteiger partial charge on any atom is 0.295 e. The SMILES string of the molecule is CCCCC(CN)Nc1ccc(F)cc1[N+](=O)[O-]. The average molecular weight is 255 g/mol. The van der Waals surface area contributed by atoms with Gasteiger partial charge in [-0.15, -0.1) is 0 Å². The molecular weight excluding hydrogens is 237 g/mol. The van der Waals surface area contributed by atoms with Crippen molar-refractivity contribution < 1.29 is 9.31 Å². The van der Waals surface area contributed by atoms with Crippen molar-refractivity contribution in [2.24, 2.45) is 5.73 Å². The van der Waals surface area contributed by atoms with E-state index in [1.54, 1.807) is 0 Å². The molecule has 1 aromatic rings. The lowest BCUT2D eigenvalue weighted by molar-refractivity contribution is -0.384. The number of nitro benzene ring substituents is 1. The third-order valence-electron chi connectivity index (χ3n) is 2.71. The van der Waals surface area contributed by atoms with Gasteiger partial charge in [0.05, 0.1) is 11.0 Å². The second-order valence-corrected chi connectivity index (χ2v) is 4.14. The highest BCUT2D eigenvalue weighted by Gasteiger charge is 2.17. The molecular formula is C12H18FN3O2. The summed E-state index contributed by atoms with van der Waals surface area (Å²) in [5, 5.41) is 13.8. The van der Waals surface area contributed by atoms with Crippen LogP contribution in [-0.4, -0.2) is 17.5 Å². The third-order valence-corrected chi connectivity index (χ3v) is 2.71. The van der Waals surface area contributed by atoms with E-state index < -0.39 is 10.7 Å². The summed E-state index contributed by atoms with van der Waals surface area (Å²) in [6, 6.07) is 3.45. The monoisotopic (exact) mass is 255 g/mol. The van der Waals surface area contributed by atoms with Gasteiger partial charge < -0.3 is 11.1 Å². The van der Waals surface area contributed by atoms with Gasteiger partial charge in [0.2, 0.25) is 0 Å². The highest BCUT2D eigenvalue weighted by Crippen LogP contribution is 2.26. The molecule has 0 aliphatic heterocycles. The molecule has 0 heterocycles. The minimum atomic E-state index is -0.620. The van der Waals surface area contributed by atoms with Crippen LogP contribution in [0.2, 0.25) is 0 Å². The van der Waals surface area contributed by atoms with Crippen LogP contribution in [0, 0.1) is 15.9 Å². The first-order valence-corrected chi connectivity index (χ1v) is 5.99. The molecule has 6 heteroatoms. The van der Waals surface area contributed by atoms with E-state index >= 15 is 0 Å². The Kier molecular flexibility index (Phi) is 5.51. The smallest absolute Gasteiger partial charge is 0.295 e. The summed E-state index contributed by atoms with van der Waals surface area (Å²) in [6.07, 6.45) is 2.86. The van der Waals surface area contributed by atoms with Gasteiger partial charge in [-0.2, -0.15) is 0 Å². The van der Waals surface area contributed by atoms with Gasteiger partial charge in [-0.1, -0.05) is 19.8 Å². The van der Waals surface area contributed by atoms with Crippen molar-refractivity contribution in [3.8, 4) is 0 Å². The predicted octanol–water partition coefficient (Wildman–Crippen LogP) is 2.66. The topological polar surface area (TPSA) is 81.2 Å². The number of anilines is 1. The molecule has 1 rings (SSSR count). The molecule has 0 fully saturated rings. The number of rotatable bonds is 7. The number of nitrogens with one attached hydrogen (secondary N) is 1. The van der Waals surface area contributed by atoms with Crippen LogP contribution in [0.15, 0.2) is 18.2 Å². The third kappa shape index (κ3) is 3.96. The van der Waals surface area contributed by atoms with Crippen LogP contribution in [0.4, 0.5) is 15.8 Å². The minimum Gasteiger partial charge on any atom is -0.375 e. The lowest BCUT2D eigenvalue weighted by Gasteiger charge is -2.17. The van der Waals surface area contributed by atoms with Gasteiger partial charge >= 0.3 is 0 Å². The predicted molar refractivity (Wildman–Crippen MR) is 69.0 cm³/mol. The summed E-state index contributed by atoms with van der Waals surface area (Å²) in [6.45, 7) is 2.45. The maximum absolute atomic E-state index is 13.0. The molecule has 0 bridgehead atoms. The molecule has 0 spiro atoms. The number of nitrogens with two attached hydrogens (primary N) is 1. The molecule has 0 aliphatic carbocycles. The Morgan fingerprint density at radius 2 is 2.28 bits per heavy atom. The number of hydrogen-bond acceptors (Lipinski definition) is 4. The number of benzene rings is 1. The molecule has 18 heavy (non-hydrogen) atoms. The van der Waals surface area contributed by atoms with Crippen LogP contribution in [-0.2, 0) is 0 Å². The second kappa shape index (κ2) is 6.90. The Morgan fingerprint density at radius 3 is 2.83 bits per heavy atom. The van der Waals surface area contributed by atoms with Gasteiger partial charge in [-0.25, -0.2) is 4.39 Å². The molecule has 1 atom stereocenters. The van der Waals surface area contributed by atoms with E-state index in [0.717, 1.165) is 25.3 Å². The van der Waals surface area contributed by atoms with Crippen molar-refractivity contribution in [1.82, 2.24) is 0 Å². The van der Waals surface area contributed by atoms with Gasteiger partial charge in [-0.05, 0) is 18.6 Å². The van der Waals surface area contributed by atoms with Crippen LogP contribution in [0.5, 0.6) is 0 Å². The summed E-state index contributed by atoms with van der Waals surface area (Å²) >= 11 is 0. The first-order valence-electron chi connectivity index (χ1n) is 5.99. The molecule has 100 valence electrons. The standard InChI is InChI=1S/C12H18FN3O2/c1-2-3-4-10(8-14)15-11-6-5-9(13)7-12(11)16(17)18/h5-7,10,15H,2-4,8,14H2,1H3. The zero-order valence-electron chi connectivity index (χ0n) is 10.4. The summed E-state index contributed by atoms with van der Waals surface area (Å²) in [5.74, 6) is -0.620. The molecule has 1 unspecified atom stereocenters. The second-order valence-electron chi connectivity index (χ2n) is 4.14. The lowest BCUT2D eigenvalue weighted by atomic mass is 10.1. The van der Waals surface area contributed by atoms with E-state index in [1.165, 1.54) is 12.1 Å². The van der Waals surface area contributed by atoms with Crippen LogP contribution < -0.4 is 11.1 Å². The minimum absolute atomic E-state index is 0.0332. The van der Waals surface area contributed by atoms with Crippen molar-refractivity contribution in [3.63, 3.8) is 0 Å². The van der Waals surface area contributed by atoms with Gasteiger partial charge in [0.1, 0.15) is 11.5 Å². The maximum atomic E-state index is 13.0. The van der Waals surface area contributed by atoms with Crippen molar-refractivity contribution in [2.75, 3.05) is 11.9 Å². The Bertz CT molecular complexity index is 412. The molecule has 0 aromatic heterocycles. The number of unbranched alkanes of at least 4 members (excludes halogenated alkanes) is 1. The number of nitro groups is 1. The van der Waals surface area contributed by atoms with Crippen LogP contribution in [0.25, 0.3) is 0 Å². The fraction of sp³-hybridized carbons (Fsp3) is 0.500. The van der Waals surface area contributed by atoms with Gasteiger partial charge in [0.15, 0.2) is 0 Å². The van der Waals surface area contributed by atoms with E-state index in [4.69, 9.17) is 5.73 Å². The van der Waals surface area contributed by atoms with Crippen LogP contribution >= 0.6 is 0 Å². The zero-order chi connectivity index (χ0) is 13.5. The highest BCUT2D eigenvalue weighted by molar-refractivity contribution is 5.61. The van der Waals surface area contributed by atoms with E-state index in [9.17, 15) is 14.5 Å². The summed E-state index contributed by atoms with van der Waals surface area (Å²) in [4.78, 5) is 10.2. The van der Waals surface area contributed by atoms with Crippen molar-refractivity contribution in [1.29, 1.82) is 0 Å². The summed E-state index contributed by atoms with van der Waals surface area (Å²) in [5.41, 5.74) is 5.66. The largest absolute Gasteiger partial charge is 0.375 e. The molecule has 0 radical (unpaired) electrons. The van der Waals surface area contributed by atoms with E-state index in [0.29, 0.717) is 12.2 Å². The van der Waals surface area contributed by atoms with E-state index in [-0.39, 0.29) is 11.7 Å². The fourth-order valence-electron chi connectivity index (χ4n) is 1.70. The quantitative estimate of drug-likeness (QED) is 0.579. The molecule has 0 aliphatic rings. The molecule has 0 saturated heterocycles.